The maximum absolute atomic E-state index is 4.50. The van der Waals surface area contributed by atoms with Crippen LogP contribution in [0.4, 0.5) is 5.82 Å². The van der Waals surface area contributed by atoms with Gasteiger partial charge in [0.1, 0.15) is 5.82 Å². The zero-order valence-electron chi connectivity index (χ0n) is 10.8. The zero-order chi connectivity index (χ0) is 12.4. The van der Waals surface area contributed by atoms with Crippen LogP contribution in [0.5, 0.6) is 0 Å². The molecule has 1 aromatic rings. The predicted octanol–water partition coefficient (Wildman–Crippen LogP) is 2.68. The van der Waals surface area contributed by atoms with Gasteiger partial charge in [-0.25, -0.2) is 4.98 Å². The lowest BCUT2D eigenvalue weighted by Crippen LogP contribution is -2.42. The average Bonchev–Trinajstić information content (AvgIpc) is 2.33. The molecule has 0 bridgehead atoms. The van der Waals surface area contributed by atoms with E-state index in [4.69, 9.17) is 0 Å². The van der Waals surface area contributed by atoms with Crippen LogP contribution in [0.1, 0.15) is 18.4 Å². The van der Waals surface area contributed by atoms with Crippen molar-refractivity contribution in [1.82, 2.24) is 9.88 Å². The molecule has 0 radical (unpaired) electrons. The van der Waals surface area contributed by atoms with Gasteiger partial charge in [-0.1, -0.05) is 0 Å². The number of hydrogen-bond donors (Lipinski definition) is 0. The summed E-state index contributed by atoms with van der Waals surface area (Å²) in [5.74, 6) is 1.10. The Morgan fingerprint density at radius 1 is 1.35 bits per heavy atom. The third-order valence-electron chi connectivity index (χ3n) is 3.56. The number of halogens is 1. The van der Waals surface area contributed by atoms with Crippen LogP contribution in [0.25, 0.3) is 0 Å². The largest absolute Gasteiger partial charge is 0.356 e. The molecule has 17 heavy (non-hydrogen) atoms. The van der Waals surface area contributed by atoms with E-state index in [0.717, 1.165) is 29.4 Å². The second kappa shape index (κ2) is 5.36. The van der Waals surface area contributed by atoms with Crippen molar-refractivity contribution in [3.63, 3.8) is 0 Å². The van der Waals surface area contributed by atoms with E-state index in [-0.39, 0.29) is 0 Å². The fourth-order valence-electron chi connectivity index (χ4n) is 2.34. The lowest BCUT2D eigenvalue weighted by atomic mass is 10.0. The molecule has 1 aliphatic rings. The molecule has 4 heteroatoms. The minimum atomic E-state index is 0.717. The second-order valence-electron chi connectivity index (χ2n) is 4.95. The van der Waals surface area contributed by atoms with Gasteiger partial charge in [0.15, 0.2) is 0 Å². The van der Waals surface area contributed by atoms with Crippen LogP contribution in [-0.4, -0.2) is 43.1 Å². The third-order valence-corrected chi connectivity index (χ3v) is 4.54. The van der Waals surface area contributed by atoms with Crippen LogP contribution in [0.3, 0.4) is 0 Å². The predicted molar refractivity (Wildman–Crippen MR) is 75.6 cm³/mol. The van der Waals surface area contributed by atoms with Gasteiger partial charge in [-0.15, -0.1) is 0 Å². The molecule has 0 atom stereocenters. The molecule has 1 fully saturated rings. The van der Waals surface area contributed by atoms with Crippen LogP contribution in [-0.2, 0) is 0 Å². The molecule has 1 aliphatic heterocycles. The van der Waals surface area contributed by atoms with Crippen molar-refractivity contribution < 1.29 is 0 Å². The first-order valence-electron chi connectivity index (χ1n) is 6.12. The fourth-order valence-corrected chi connectivity index (χ4v) is 2.83. The van der Waals surface area contributed by atoms with Crippen LogP contribution in [0.2, 0.25) is 0 Å². The lowest BCUT2D eigenvalue weighted by molar-refractivity contribution is 0.249. The summed E-state index contributed by atoms with van der Waals surface area (Å²) >= 11 is 3.65. The summed E-state index contributed by atoms with van der Waals surface area (Å²) in [4.78, 5) is 9.21. The second-order valence-corrected chi connectivity index (χ2v) is 5.74. The summed E-state index contributed by atoms with van der Waals surface area (Å²) in [6, 6.07) is 2.76. The molecule has 1 aromatic heterocycles. The Labute approximate surface area is 112 Å². The van der Waals surface area contributed by atoms with E-state index in [1.807, 2.05) is 12.3 Å². The van der Waals surface area contributed by atoms with Crippen LogP contribution < -0.4 is 4.90 Å². The number of rotatable bonds is 2. The van der Waals surface area contributed by atoms with Crippen molar-refractivity contribution in [2.75, 3.05) is 32.1 Å². The lowest BCUT2D eigenvalue weighted by Gasteiger charge is -2.36. The molecule has 0 aromatic carbocycles. The highest BCUT2D eigenvalue weighted by molar-refractivity contribution is 9.10. The molecule has 2 heterocycles. The van der Waals surface area contributed by atoms with E-state index in [9.17, 15) is 0 Å². The normalized spacial score (nSPS) is 17.8. The summed E-state index contributed by atoms with van der Waals surface area (Å²) in [5, 5.41) is 0. The number of piperidine rings is 1. The summed E-state index contributed by atoms with van der Waals surface area (Å²) in [6.45, 7) is 4.30. The quantitative estimate of drug-likeness (QED) is 0.837. The van der Waals surface area contributed by atoms with Gasteiger partial charge >= 0.3 is 0 Å². The van der Waals surface area contributed by atoms with Gasteiger partial charge in [-0.05, 0) is 61.4 Å². The fraction of sp³-hybridized carbons (Fsp3) is 0.615. The van der Waals surface area contributed by atoms with Crippen molar-refractivity contribution in [3.05, 3.63) is 22.3 Å². The Balaban J connectivity index is 2.08. The van der Waals surface area contributed by atoms with Gasteiger partial charge in [0, 0.05) is 25.3 Å². The summed E-state index contributed by atoms with van der Waals surface area (Å²) in [5.41, 5.74) is 1.25. The molecule has 0 aliphatic carbocycles. The SMILES string of the molecule is Cc1ccnc(N2CCC(N(C)C)CC2)c1Br. The van der Waals surface area contributed by atoms with Gasteiger partial charge in [-0.3, -0.25) is 0 Å². The van der Waals surface area contributed by atoms with Gasteiger partial charge < -0.3 is 9.80 Å². The van der Waals surface area contributed by atoms with Gasteiger partial charge in [-0.2, -0.15) is 0 Å². The van der Waals surface area contributed by atoms with Gasteiger partial charge in [0.05, 0.1) is 4.47 Å². The van der Waals surface area contributed by atoms with Crippen molar-refractivity contribution in [2.24, 2.45) is 0 Å². The van der Waals surface area contributed by atoms with Crippen LogP contribution in [0.15, 0.2) is 16.7 Å². The number of aryl methyl sites for hydroxylation is 1. The first-order chi connectivity index (χ1) is 8.09. The number of pyridine rings is 1. The highest BCUT2D eigenvalue weighted by Crippen LogP contribution is 2.29. The molecule has 0 saturated carbocycles. The standard InChI is InChI=1S/C13H20BrN3/c1-10-4-7-15-13(12(10)14)17-8-5-11(6-9-17)16(2)3/h4,7,11H,5-6,8-9H2,1-3H3. The topological polar surface area (TPSA) is 19.4 Å². The Hall–Kier alpha value is -0.610. The number of anilines is 1. The molecular weight excluding hydrogens is 278 g/mol. The van der Waals surface area contributed by atoms with Gasteiger partial charge in [0.2, 0.25) is 0 Å². The maximum atomic E-state index is 4.50. The monoisotopic (exact) mass is 297 g/mol. The van der Waals surface area contributed by atoms with E-state index < -0.39 is 0 Å². The number of nitrogens with zero attached hydrogens (tertiary/aromatic N) is 3. The van der Waals surface area contributed by atoms with Crippen LogP contribution >= 0.6 is 15.9 Å². The summed E-state index contributed by atoms with van der Waals surface area (Å²) in [6.07, 6.45) is 4.33. The third kappa shape index (κ3) is 2.80. The Bertz CT molecular complexity index is 384. The maximum Gasteiger partial charge on any atom is 0.143 e. The zero-order valence-corrected chi connectivity index (χ0v) is 12.4. The molecule has 94 valence electrons. The summed E-state index contributed by atoms with van der Waals surface area (Å²) in [7, 11) is 4.34. The molecular formula is C13H20BrN3. The highest BCUT2D eigenvalue weighted by atomic mass is 79.9. The molecule has 0 unspecified atom stereocenters. The summed E-state index contributed by atoms with van der Waals surface area (Å²) < 4.78 is 1.14. The van der Waals surface area contributed by atoms with Crippen LogP contribution in [0, 0.1) is 6.92 Å². The first-order valence-corrected chi connectivity index (χ1v) is 6.91. The van der Waals surface area contributed by atoms with Crippen molar-refractivity contribution in [1.29, 1.82) is 0 Å². The smallest absolute Gasteiger partial charge is 0.143 e. The molecule has 0 N–H and O–H groups in total. The molecule has 3 nitrogen and oxygen atoms in total. The van der Waals surface area contributed by atoms with E-state index in [2.05, 4.69) is 51.7 Å². The molecule has 0 spiro atoms. The average molecular weight is 298 g/mol. The van der Waals surface area contributed by atoms with Crippen molar-refractivity contribution >= 4 is 21.7 Å². The number of hydrogen-bond acceptors (Lipinski definition) is 3. The Morgan fingerprint density at radius 3 is 2.59 bits per heavy atom. The molecule has 0 amide bonds. The van der Waals surface area contributed by atoms with E-state index in [1.54, 1.807) is 0 Å². The van der Waals surface area contributed by atoms with Gasteiger partial charge in [0.25, 0.3) is 0 Å². The van der Waals surface area contributed by atoms with E-state index >= 15 is 0 Å². The van der Waals surface area contributed by atoms with Crippen molar-refractivity contribution in [3.8, 4) is 0 Å². The minimum Gasteiger partial charge on any atom is -0.356 e. The molecule has 2 rings (SSSR count). The molecule has 1 saturated heterocycles. The van der Waals surface area contributed by atoms with E-state index in [0.29, 0.717) is 0 Å². The first kappa shape index (κ1) is 12.8. The van der Waals surface area contributed by atoms with E-state index in [1.165, 1.54) is 18.4 Å². The highest BCUT2D eigenvalue weighted by Gasteiger charge is 2.22. The number of aromatic nitrogens is 1. The van der Waals surface area contributed by atoms with Crippen molar-refractivity contribution in [2.45, 2.75) is 25.8 Å². The minimum absolute atomic E-state index is 0.717. The Kier molecular flexibility index (Phi) is 4.05. The Morgan fingerprint density at radius 2 is 2.00 bits per heavy atom.